The molecule has 140 valence electrons. The Morgan fingerprint density at radius 1 is 1.23 bits per heavy atom. The Balaban J connectivity index is 2.14. The van der Waals surface area contributed by atoms with Crippen LogP contribution in [0.5, 0.6) is 0 Å². The molecule has 1 unspecified atom stereocenters. The number of pyridine rings is 1. The van der Waals surface area contributed by atoms with Crippen molar-refractivity contribution in [3.05, 3.63) is 52.7 Å². The molecule has 26 heavy (non-hydrogen) atoms. The molecule has 0 bridgehead atoms. The summed E-state index contributed by atoms with van der Waals surface area (Å²) >= 11 is 5.87. The summed E-state index contributed by atoms with van der Waals surface area (Å²) < 4.78 is 0. The Morgan fingerprint density at radius 2 is 1.96 bits per heavy atom. The molecule has 0 aliphatic heterocycles. The fourth-order valence-corrected chi connectivity index (χ4v) is 2.94. The lowest BCUT2D eigenvalue weighted by Crippen LogP contribution is -2.41. The predicted octanol–water partition coefficient (Wildman–Crippen LogP) is 4.07. The van der Waals surface area contributed by atoms with Gasteiger partial charge in [-0.25, -0.2) is 4.98 Å². The van der Waals surface area contributed by atoms with Crippen LogP contribution in [0.25, 0.3) is 0 Å². The summed E-state index contributed by atoms with van der Waals surface area (Å²) in [6.07, 6.45) is 2.45. The number of carbonyl (C=O) groups is 1. The second-order valence-corrected chi connectivity index (χ2v) is 7.07. The maximum atomic E-state index is 13.1. The monoisotopic (exact) mass is 374 g/mol. The van der Waals surface area contributed by atoms with E-state index in [9.17, 15) is 4.79 Å². The lowest BCUT2D eigenvalue weighted by atomic mass is 10.1. The molecule has 0 spiro atoms. The molecule has 1 aromatic heterocycles. The maximum Gasteiger partial charge on any atom is 0.256 e. The molecule has 5 nitrogen and oxygen atoms in total. The minimum Gasteiger partial charge on any atom is -0.377 e. The standard InChI is InChI=1S/C20H27ClN4O/c1-6-16(13-23-19-10-8-15(21)12-22-19)25(5)20(26)17-11-14(2)7-9-18(17)24(3)4/h7-12,16H,6,13H2,1-5H3,(H,22,23). The van der Waals surface area contributed by atoms with Gasteiger partial charge in [0.15, 0.2) is 0 Å². The van der Waals surface area contributed by atoms with Gasteiger partial charge in [-0.3, -0.25) is 4.79 Å². The van der Waals surface area contributed by atoms with Crippen molar-refractivity contribution in [2.24, 2.45) is 0 Å². The lowest BCUT2D eigenvalue weighted by molar-refractivity contribution is 0.0736. The quantitative estimate of drug-likeness (QED) is 0.793. The second kappa shape index (κ2) is 8.90. The first-order valence-corrected chi connectivity index (χ1v) is 9.11. The van der Waals surface area contributed by atoms with Crippen molar-refractivity contribution in [1.82, 2.24) is 9.88 Å². The van der Waals surface area contributed by atoms with Crippen LogP contribution in [0.3, 0.4) is 0 Å². The van der Waals surface area contributed by atoms with E-state index >= 15 is 0 Å². The molecule has 1 N–H and O–H groups in total. The molecule has 0 aliphatic rings. The highest BCUT2D eigenvalue weighted by molar-refractivity contribution is 6.30. The van der Waals surface area contributed by atoms with Gasteiger partial charge < -0.3 is 15.1 Å². The number of halogens is 1. The topological polar surface area (TPSA) is 48.5 Å². The minimum absolute atomic E-state index is 0.0233. The second-order valence-electron chi connectivity index (χ2n) is 6.64. The molecule has 0 saturated carbocycles. The van der Waals surface area contributed by atoms with E-state index in [0.717, 1.165) is 29.1 Å². The number of benzene rings is 1. The third-order valence-corrected chi connectivity index (χ3v) is 4.67. The largest absolute Gasteiger partial charge is 0.377 e. The minimum atomic E-state index is 0.0233. The van der Waals surface area contributed by atoms with Crippen molar-refractivity contribution in [2.45, 2.75) is 26.3 Å². The van der Waals surface area contributed by atoms with Crippen molar-refractivity contribution in [1.29, 1.82) is 0 Å². The van der Waals surface area contributed by atoms with Crippen LogP contribution >= 0.6 is 11.6 Å². The SMILES string of the molecule is CCC(CNc1ccc(Cl)cn1)N(C)C(=O)c1cc(C)ccc1N(C)C. The maximum absolute atomic E-state index is 13.1. The van der Waals surface area contributed by atoms with Crippen LogP contribution in [0.1, 0.15) is 29.3 Å². The van der Waals surface area contributed by atoms with Crippen LogP contribution in [-0.4, -0.2) is 49.5 Å². The summed E-state index contributed by atoms with van der Waals surface area (Å²) in [4.78, 5) is 21.1. The number of likely N-dealkylation sites (N-methyl/N-ethyl adjacent to an activating group) is 1. The average Bonchev–Trinajstić information content (AvgIpc) is 2.62. The summed E-state index contributed by atoms with van der Waals surface area (Å²) in [5.74, 6) is 0.772. The van der Waals surface area contributed by atoms with Crippen molar-refractivity contribution in [2.75, 3.05) is 37.9 Å². The third-order valence-electron chi connectivity index (χ3n) is 4.45. The number of aromatic nitrogens is 1. The van der Waals surface area contributed by atoms with E-state index in [2.05, 4.69) is 17.2 Å². The van der Waals surface area contributed by atoms with E-state index in [1.807, 2.05) is 62.1 Å². The molecule has 0 radical (unpaired) electrons. The Hall–Kier alpha value is -2.27. The number of hydrogen-bond acceptors (Lipinski definition) is 4. The highest BCUT2D eigenvalue weighted by Gasteiger charge is 2.22. The lowest BCUT2D eigenvalue weighted by Gasteiger charge is -2.29. The summed E-state index contributed by atoms with van der Waals surface area (Å²) in [5, 5.41) is 3.89. The van der Waals surface area contributed by atoms with E-state index in [1.54, 1.807) is 12.3 Å². The van der Waals surface area contributed by atoms with Crippen molar-refractivity contribution in [3.63, 3.8) is 0 Å². The highest BCUT2D eigenvalue weighted by Crippen LogP contribution is 2.22. The number of amides is 1. The zero-order valence-electron chi connectivity index (χ0n) is 16.1. The van der Waals surface area contributed by atoms with Crippen LogP contribution in [0, 0.1) is 6.92 Å². The highest BCUT2D eigenvalue weighted by atomic mass is 35.5. The number of carbonyl (C=O) groups excluding carboxylic acids is 1. The first kappa shape index (κ1) is 20.0. The van der Waals surface area contributed by atoms with Gasteiger partial charge in [0.1, 0.15) is 5.82 Å². The van der Waals surface area contributed by atoms with Gasteiger partial charge in [-0.2, -0.15) is 0 Å². The zero-order valence-corrected chi connectivity index (χ0v) is 16.8. The van der Waals surface area contributed by atoms with Crippen LogP contribution in [-0.2, 0) is 0 Å². The predicted molar refractivity (Wildman–Crippen MR) is 109 cm³/mol. The number of nitrogens with one attached hydrogen (secondary N) is 1. The molecule has 1 heterocycles. The van der Waals surface area contributed by atoms with Gasteiger partial charge in [0.05, 0.1) is 10.6 Å². The molecule has 2 aromatic rings. The van der Waals surface area contributed by atoms with Crippen molar-refractivity contribution in [3.8, 4) is 0 Å². The van der Waals surface area contributed by atoms with Crippen molar-refractivity contribution >= 4 is 29.0 Å². The Morgan fingerprint density at radius 3 is 2.54 bits per heavy atom. The van der Waals surface area contributed by atoms with Gasteiger partial charge in [0.2, 0.25) is 0 Å². The van der Waals surface area contributed by atoms with E-state index in [-0.39, 0.29) is 11.9 Å². The fraction of sp³-hybridized carbons (Fsp3) is 0.400. The first-order valence-electron chi connectivity index (χ1n) is 8.74. The third kappa shape index (κ3) is 4.88. The summed E-state index contributed by atoms with van der Waals surface area (Å²) in [6, 6.07) is 9.65. The number of aryl methyl sites for hydroxylation is 1. The fourth-order valence-electron chi connectivity index (χ4n) is 2.82. The Labute approximate surface area is 161 Å². The number of hydrogen-bond donors (Lipinski definition) is 1. The molecular weight excluding hydrogens is 348 g/mol. The molecule has 1 atom stereocenters. The molecule has 2 rings (SSSR count). The normalized spacial score (nSPS) is 11.8. The van der Waals surface area contributed by atoms with Gasteiger partial charge in [-0.1, -0.05) is 30.2 Å². The van der Waals surface area contributed by atoms with Crippen LogP contribution in [0.4, 0.5) is 11.5 Å². The molecule has 0 saturated heterocycles. The van der Waals surface area contributed by atoms with Crippen LogP contribution < -0.4 is 10.2 Å². The zero-order chi connectivity index (χ0) is 19.3. The summed E-state index contributed by atoms with van der Waals surface area (Å²) in [7, 11) is 5.76. The first-order chi connectivity index (χ1) is 12.3. The molecule has 6 heteroatoms. The van der Waals surface area contributed by atoms with Gasteiger partial charge in [0.25, 0.3) is 5.91 Å². The molecule has 1 aromatic carbocycles. The number of anilines is 2. The van der Waals surface area contributed by atoms with Gasteiger partial charge in [0, 0.05) is 45.6 Å². The Kier molecular flexibility index (Phi) is 6.86. The average molecular weight is 375 g/mol. The molecular formula is C20H27ClN4O. The molecule has 1 amide bonds. The van der Waals surface area contributed by atoms with E-state index in [0.29, 0.717) is 11.6 Å². The van der Waals surface area contributed by atoms with Crippen LogP contribution in [0.15, 0.2) is 36.5 Å². The van der Waals surface area contributed by atoms with E-state index in [1.165, 1.54) is 0 Å². The molecule has 0 fully saturated rings. The van der Waals surface area contributed by atoms with Crippen molar-refractivity contribution < 1.29 is 4.79 Å². The number of nitrogens with zero attached hydrogens (tertiary/aromatic N) is 3. The van der Waals surface area contributed by atoms with Gasteiger partial charge in [-0.15, -0.1) is 0 Å². The molecule has 0 aliphatic carbocycles. The van der Waals surface area contributed by atoms with E-state index < -0.39 is 0 Å². The van der Waals surface area contributed by atoms with E-state index in [4.69, 9.17) is 11.6 Å². The van der Waals surface area contributed by atoms with Gasteiger partial charge >= 0.3 is 0 Å². The summed E-state index contributed by atoms with van der Waals surface area (Å²) in [6.45, 7) is 4.70. The van der Waals surface area contributed by atoms with Crippen LogP contribution in [0.2, 0.25) is 5.02 Å². The number of rotatable bonds is 7. The summed E-state index contributed by atoms with van der Waals surface area (Å²) in [5.41, 5.74) is 2.72. The Bertz CT molecular complexity index is 746. The smallest absolute Gasteiger partial charge is 0.256 e. The van der Waals surface area contributed by atoms with Gasteiger partial charge in [-0.05, 0) is 37.6 Å².